The van der Waals surface area contributed by atoms with Crippen molar-refractivity contribution in [3.05, 3.63) is 80.0 Å². The number of nitrogens with two attached hydrogens (primary N) is 1. The van der Waals surface area contributed by atoms with Crippen LogP contribution in [0.4, 0.5) is 11.5 Å². The van der Waals surface area contributed by atoms with Crippen molar-refractivity contribution in [3.63, 3.8) is 0 Å². The summed E-state index contributed by atoms with van der Waals surface area (Å²) in [6.45, 7) is 0. The molecule has 0 aliphatic heterocycles. The Labute approximate surface area is 153 Å². The summed E-state index contributed by atoms with van der Waals surface area (Å²) in [5.41, 5.74) is 6.35. The lowest BCUT2D eigenvalue weighted by Gasteiger charge is -2.09. The summed E-state index contributed by atoms with van der Waals surface area (Å²) in [6.07, 6.45) is 0. The fourth-order valence-corrected chi connectivity index (χ4v) is 2.53. The zero-order valence-corrected chi connectivity index (χ0v) is 14.5. The van der Waals surface area contributed by atoms with Gasteiger partial charge in [0.1, 0.15) is 11.5 Å². The number of nitrogens with zero attached hydrogens (tertiary/aromatic N) is 1. The van der Waals surface area contributed by atoms with Crippen LogP contribution in [-0.4, -0.2) is 15.5 Å². The van der Waals surface area contributed by atoms with Crippen LogP contribution in [0.1, 0.15) is 10.4 Å². The first-order valence-electron chi connectivity index (χ1n) is 7.63. The zero-order chi connectivity index (χ0) is 18.8. The number of aromatic nitrogens is 2. The second-order valence-electron chi connectivity index (χ2n) is 5.62. The number of amides is 1. The molecule has 2 aromatic carbocycles. The van der Waals surface area contributed by atoms with Crippen molar-refractivity contribution in [3.8, 4) is 11.1 Å². The average molecular weight is 371 g/mol. The molecule has 0 bridgehead atoms. The van der Waals surface area contributed by atoms with Gasteiger partial charge in [-0.15, -0.1) is 0 Å². The Hall–Kier alpha value is -3.32. The van der Waals surface area contributed by atoms with Crippen molar-refractivity contribution >= 4 is 29.0 Å². The standard InChI is InChI=1S/C18H15ClN4O3/c1-23-17(25)14(15(20)22-18(23)26)21-16(24)12-4-2-10(3-5-12)11-6-8-13(19)9-7-11/h2-9H,20H2,1H3,(H,21,24)(H,22,26). The minimum atomic E-state index is -0.683. The fourth-order valence-electron chi connectivity index (χ4n) is 2.40. The van der Waals surface area contributed by atoms with E-state index in [1.165, 1.54) is 7.05 Å². The van der Waals surface area contributed by atoms with Gasteiger partial charge in [0.25, 0.3) is 11.5 Å². The van der Waals surface area contributed by atoms with E-state index in [1.54, 1.807) is 36.4 Å². The summed E-state index contributed by atoms with van der Waals surface area (Å²) < 4.78 is 0.829. The molecule has 0 fully saturated rings. The van der Waals surface area contributed by atoms with Gasteiger partial charge in [-0.05, 0) is 35.4 Å². The fraction of sp³-hybridized carbons (Fsp3) is 0.0556. The van der Waals surface area contributed by atoms with Crippen LogP contribution in [0, 0.1) is 0 Å². The molecule has 7 nitrogen and oxygen atoms in total. The van der Waals surface area contributed by atoms with E-state index in [0.717, 1.165) is 15.7 Å². The van der Waals surface area contributed by atoms with Crippen LogP contribution in [0.3, 0.4) is 0 Å². The molecule has 0 radical (unpaired) electrons. The largest absolute Gasteiger partial charge is 0.383 e. The molecule has 8 heteroatoms. The highest BCUT2D eigenvalue weighted by atomic mass is 35.5. The Morgan fingerprint density at radius 2 is 1.58 bits per heavy atom. The van der Waals surface area contributed by atoms with Crippen LogP contribution in [0.2, 0.25) is 5.02 Å². The first-order valence-corrected chi connectivity index (χ1v) is 8.01. The predicted molar refractivity (Wildman–Crippen MR) is 102 cm³/mol. The zero-order valence-electron chi connectivity index (χ0n) is 13.7. The van der Waals surface area contributed by atoms with Gasteiger partial charge >= 0.3 is 5.69 Å². The van der Waals surface area contributed by atoms with Gasteiger partial charge in [-0.3, -0.25) is 19.1 Å². The quantitative estimate of drug-likeness (QED) is 0.656. The van der Waals surface area contributed by atoms with Crippen molar-refractivity contribution in [1.82, 2.24) is 9.55 Å². The van der Waals surface area contributed by atoms with E-state index in [0.29, 0.717) is 10.6 Å². The number of nitrogens with one attached hydrogen (secondary N) is 2. The predicted octanol–water partition coefficient (Wildman–Crippen LogP) is 2.23. The smallest absolute Gasteiger partial charge is 0.329 e. The maximum absolute atomic E-state index is 12.4. The Kier molecular flexibility index (Phi) is 4.64. The lowest BCUT2D eigenvalue weighted by Crippen LogP contribution is -2.36. The number of carbonyl (C=O) groups excluding carboxylic acids is 1. The molecule has 26 heavy (non-hydrogen) atoms. The molecule has 0 saturated heterocycles. The number of hydrogen-bond acceptors (Lipinski definition) is 4. The van der Waals surface area contributed by atoms with Crippen molar-refractivity contribution in [1.29, 1.82) is 0 Å². The van der Waals surface area contributed by atoms with Gasteiger partial charge in [0, 0.05) is 17.6 Å². The van der Waals surface area contributed by atoms with Crippen LogP contribution in [0.5, 0.6) is 0 Å². The first-order chi connectivity index (χ1) is 12.4. The van der Waals surface area contributed by atoms with E-state index in [2.05, 4.69) is 10.3 Å². The highest BCUT2D eigenvalue weighted by Gasteiger charge is 2.14. The average Bonchev–Trinajstić information content (AvgIpc) is 2.64. The second kappa shape index (κ2) is 6.89. The highest BCUT2D eigenvalue weighted by molar-refractivity contribution is 6.30. The molecule has 132 valence electrons. The molecular weight excluding hydrogens is 356 g/mol. The third kappa shape index (κ3) is 3.38. The van der Waals surface area contributed by atoms with Crippen molar-refractivity contribution < 1.29 is 4.79 Å². The van der Waals surface area contributed by atoms with Crippen LogP contribution in [0.25, 0.3) is 11.1 Å². The molecule has 4 N–H and O–H groups in total. The number of benzene rings is 2. The van der Waals surface area contributed by atoms with Gasteiger partial charge in [-0.25, -0.2) is 4.79 Å². The topological polar surface area (TPSA) is 110 Å². The summed E-state index contributed by atoms with van der Waals surface area (Å²) in [5.74, 6) is -0.701. The molecule has 1 aromatic heterocycles. The maximum atomic E-state index is 12.4. The molecule has 0 unspecified atom stereocenters. The summed E-state index contributed by atoms with van der Waals surface area (Å²) in [6, 6.07) is 14.2. The summed E-state index contributed by atoms with van der Waals surface area (Å²) >= 11 is 5.88. The van der Waals surface area contributed by atoms with Crippen LogP contribution in [-0.2, 0) is 7.05 Å². The molecule has 1 heterocycles. The van der Waals surface area contributed by atoms with Gasteiger partial charge in [0.2, 0.25) is 0 Å². The molecule has 0 saturated carbocycles. The number of halogens is 1. The van der Waals surface area contributed by atoms with Crippen LogP contribution < -0.4 is 22.3 Å². The number of nitrogen functional groups attached to an aromatic ring is 1. The molecule has 1 amide bonds. The van der Waals surface area contributed by atoms with Crippen molar-refractivity contribution in [2.24, 2.45) is 7.05 Å². The van der Waals surface area contributed by atoms with E-state index < -0.39 is 17.2 Å². The lowest BCUT2D eigenvalue weighted by atomic mass is 10.0. The van der Waals surface area contributed by atoms with Crippen LogP contribution >= 0.6 is 11.6 Å². The third-order valence-electron chi connectivity index (χ3n) is 3.90. The molecule has 0 atom stereocenters. The van der Waals surface area contributed by atoms with Crippen LogP contribution in [0.15, 0.2) is 58.1 Å². The third-order valence-corrected chi connectivity index (χ3v) is 4.15. The van der Waals surface area contributed by atoms with Gasteiger partial charge in [-0.1, -0.05) is 35.9 Å². The van der Waals surface area contributed by atoms with E-state index in [-0.39, 0.29) is 11.5 Å². The van der Waals surface area contributed by atoms with Crippen molar-refractivity contribution in [2.45, 2.75) is 0 Å². The minimum Gasteiger partial charge on any atom is -0.383 e. The molecule has 3 rings (SSSR count). The summed E-state index contributed by atoms with van der Waals surface area (Å²) in [5, 5.41) is 3.09. The van der Waals surface area contributed by atoms with Gasteiger partial charge < -0.3 is 11.1 Å². The highest BCUT2D eigenvalue weighted by Crippen LogP contribution is 2.22. The number of carbonyl (C=O) groups is 1. The van der Waals surface area contributed by atoms with E-state index in [1.807, 2.05) is 12.1 Å². The molecule has 3 aromatic rings. The summed E-state index contributed by atoms with van der Waals surface area (Å²) in [4.78, 5) is 38.2. The molecule has 0 spiro atoms. The van der Waals surface area contributed by atoms with Gasteiger partial charge in [0.05, 0.1) is 0 Å². The number of rotatable bonds is 3. The number of aromatic amines is 1. The molecular formula is C18H15ClN4O3. The monoisotopic (exact) mass is 370 g/mol. The van der Waals surface area contributed by atoms with E-state index >= 15 is 0 Å². The van der Waals surface area contributed by atoms with Gasteiger partial charge in [0.15, 0.2) is 0 Å². The maximum Gasteiger partial charge on any atom is 0.329 e. The number of anilines is 2. The summed E-state index contributed by atoms with van der Waals surface area (Å²) in [7, 11) is 1.29. The van der Waals surface area contributed by atoms with E-state index in [9.17, 15) is 14.4 Å². The molecule has 0 aliphatic rings. The second-order valence-corrected chi connectivity index (χ2v) is 6.06. The number of H-pyrrole nitrogens is 1. The van der Waals surface area contributed by atoms with Crippen molar-refractivity contribution in [2.75, 3.05) is 11.1 Å². The SMILES string of the molecule is Cn1c(=O)[nH]c(N)c(NC(=O)c2ccc(-c3ccc(Cl)cc3)cc2)c1=O. The minimum absolute atomic E-state index is 0.168. The Balaban J connectivity index is 1.85. The normalized spacial score (nSPS) is 10.5. The number of hydrogen-bond donors (Lipinski definition) is 3. The van der Waals surface area contributed by atoms with Gasteiger partial charge in [-0.2, -0.15) is 0 Å². The van der Waals surface area contributed by atoms with E-state index in [4.69, 9.17) is 17.3 Å². The first kappa shape index (κ1) is 17.5. The Morgan fingerprint density at radius 3 is 2.15 bits per heavy atom. The molecule has 0 aliphatic carbocycles. The Bertz CT molecular complexity index is 1080. The Morgan fingerprint density at radius 1 is 1.04 bits per heavy atom. The lowest BCUT2D eigenvalue weighted by molar-refractivity contribution is 0.102.